The van der Waals surface area contributed by atoms with Crippen LogP contribution in [0.4, 0.5) is 0 Å². The van der Waals surface area contributed by atoms with E-state index in [-0.39, 0.29) is 24.9 Å². The minimum Gasteiger partial charge on any atom is -0.484 e. The van der Waals surface area contributed by atoms with Crippen LogP contribution in [0.1, 0.15) is 17.5 Å². The highest BCUT2D eigenvalue weighted by Crippen LogP contribution is 2.12. The Kier molecular flexibility index (Phi) is 7.68. The number of amides is 1. The topological polar surface area (TPSA) is 55.8 Å². The number of methoxy groups -OCH3 is 1. The number of rotatable bonds is 9. The van der Waals surface area contributed by atoms with Crippen molar-refractivity contribution in [2.75, 3.05) is 26.8 Å². The summed E-state index contributed by atoms with van der Waals surface area (Å²) in [6, 6.07) is 17.5. The van der Waals surface area contributed by atoms with Gasteiger partial charge < -0.3 is 14.4 Å². The summed E-state index contributed by atoms with van der Waals surface area (Å²) in [5, 5.41) is 0. The maximum absolute atomic E-state index is 12.6. The molecule has 0 aliphatic heterocycles. The molecule has 0 unspecified atom stereocenters. The lowest BCUT2D eigenvalue weighted by Gasteiger charge is -2.22. The van der Waals surface area contributed by atoms with Crippen molar-refractivity contribution < 1.29 is 19.1 Å². The molecule has 5 heteroatoms. The van der Waals surface area contributed by atoms with E-state index in [2.05, 4.69) is 4.74 Å². The summed E-state index contributed by atoms with van der Waals surface area (Å²) >= 11 is 0. The molecule has 0 bridgehead atoms. The molecule has 0 fully saturated rings. The van der Waals surface area contributed by atoms with Crippen LogP contribution in [0.3, 0.4) is 0 Å². The Morgan fingerprint density at radius 1 is 0.962 bits per heavy atom. The zero-order valence-corrected chi connectivity index (χ0v) is 15.3. The Labute approximate surface area is 154 Å². The van der Waals surface area contributed by atoms with Gasteiger partial charge in [0.1, 0.15) is 5.75 Å². The highest BCUT2D eigenvalue weighted by atomic mass is 16.5. The van der Waals surface area contributed by atoms with Crippen molar-refractivity contribution in [2.24, 2.45) is 0 Å². The van der Waals surface area contributed by atoms with Crippen LogP contribution in [0.5, 0.6) is 5.75 Å². The first kappa shape index (κ1) is 19.5. The van der Waals surface area contributed by atoms with Gasteiger partial charge in [-0.15, -0.1) is 0 Å². The number of carbonyl (C=O) groups is 2. The van der Waals surface area contributed by atoms with Crippen LogP contribution < -0.4 is 4.74 Å². The van der Waals surface area contributed by atoms with Crippen LogP contribution in [0.15, 0.2) is 54.6 Å². The lowest BCUT2D eigenvalue weighted by molar-refractivity contribution is -0.142. The Morgan fingerprint density at radius 2 is 1.65 bits per heavy atom. The molecule has 0 saturated heterocycles. The van der Waals surface area contributed by atoms with E-state index in [0.29, 0.717) is 18.8 Å². The van der Waals surface area contributed by atoms with Gasteiger partial charge in [-0.3, -0.25) is 9.59 Å². The van der Waals surface area contributed by atoms with Crippen molar-refractivity contribution in [3.8, 4) is 5.75 Å². The Balaban J connectivity index is 1.92. The maximum atomic E-state index is 12.6. The van der Waals surface area contributed by atoms with E-state index in [9.17, 15) is 9.59 Å². The fourth-order valence-corrected chi connectivity index (χ4v) is 2.47. The van der Waals surface area contributed by atoms with E-state index in [4.69, 9.17) is 4.74 Å². The smallest absolute Gasteiger partial charge is 0.307 e. The van der Waals surface area contributed by atoms with Crippen molar-refractivity contribution in [2.45, 2.75) is 19.8 Å². The number of hydrogen-bond donors (Lipinski definition) is 0. The Bertz CT molecular complexity index is 698. The van der Waals surface area contributed by atoms with E-state index in [1.807, 2.05) is 61.5 Å². The molecule has 0 saturated carbocycles. The number of nitrogens with zero attached hydrogens (tertiary/aromatic N) is 1. The maximum Gasteiger partial charge on any atom is 0.307 e. The standard InChI is InChI=1S/C21H25NO4/c1-17-8-10-19(11-9-17)26-16-20(23)22(15-13-21(24)25-2)14-12-18-6-4-3-5-7-18/h3-11H,12-16H2,1-2H3. The lowest BCUT2D eigenvalue weighted by atomic mass is 10.1. The van der Waals surface area contributed by atoms with Gasteiger partial charge in [-0.1, -0.05) is 48.0 Å². The third-order valence-electron chi connectivity index (χ3n) is 4.06. The zero-order chi connectivity index (χ0) is 18.8. The van der Waals surface area contributed by atoms with Crippen LogP contribution in [0.25, 0.3) is 0 Å². The highest BCUT2D eigenvalue weighted by Gasteiger charge is 2.16. The summed E-state index contributed by atoms with van der Waals surface area (Å²) in [6.45, 7) is 2.78. The summed E-state index contributed by atoms with van der Waals surface area (Å²) in [5.41, 5.74) is 2.27. The molecular formula is C21H25NO4. The van der Waals surface area contributed by atoms with E-state index in [1.54, 1.807) is 4.90 Å². The quantitative estimate of drug-likeness (QED) is 0.649. The molecule has 0 spiro atoms. The van der Waals surface area contributed by atoms with Gasteiger partial charge in [0.15, 0.2) is 6.61 Å². The molecule has 2 aromatic rings. The molecule has 2 rings (SSSR count). The highest BCUT2D eigenvalue weighted by molar-refractivity contribution is 5.78. The number of esters is 1. The van der Waals surface area contributed by atoms with Crippen molar-refractivity contribution in [3.63, 3.8) is 0 Å². The molecule has 5 nitrogen and oxygen atoms in total. The second-order valence-corrected chi connectivity index (χ2v) is 6.04. The first-order chi connectivity index (χ1) is 12.6. The number of aryl methyl sites for hydroxylation is 1. The van der Waals surface area contributed by atoms with Crippen LogP contribution >= 0.6 is 0 Å². The number of benzene rings is 2. The summed E-state index contributed by atoms with van der Waals surface area (Å²) in [7, 11) is 1.35. The van der Waals surface area contributed by atoms with Gasteiger partial charge >= 0.3 is 5.97 Å². The van der Waals surface area contributed by atoms with Gasteiger partial charge in [0.25, 0.3) is 5.91 Å². The van der Waals surface area contributed by atoms with Gasteiger partial charge in [0.2, 0.25) is 0 Å². The molecular weight excluding hydrogens is 330 g/mol. The van der Waals surface area contributed by atoms with E-state index >= 15 is 0 Å². The zero-order valence-electron chi connectivity index (χ0n) is 15.3. The van der Waals surface area contributed by atoms with Crippen LogP contribution in [0, 0.1) is 6.92 Å². The molecule has 0 atom stereocenters. The Morgan fingerprint density at radius 3 is 2.31 bits per heavy atom. The van der Waals surface area contributed by atoms with E-state index in [1.165, 1.54) is 7.11 Å². The van der Waals surface area contributed by atoms with E-state index < -0.39 is 0 Å². The second kappa shape index (κ2) is 10.2. The monoisotopic (exact) mass is 355 g/mol. The number of carbonyl (C=O) groups excluding carboxylic acids is 2. The van der Waals surface area contributed by atoms with Gasteiger partial charge in [-0.05, 0) is 31.0 Å². The van der Waals surface area contributed by atoms with Gasteiger partial charge in [-0.25, -0.2) is 0 Å². The predicted octanol–water partition coefficient (Wildman–Crippen LogP) is 3.01. The molecule has 0 N–H and O–H groups in total. The first-order valence-corrected chi connectivity index (χ1v) is 8.66. The molecule has 0 aliphatic rings. The van der Waals surface area contributed by atoms with Crippen LogP contribution in [-0.4, -0.2) is 43.6 Å². The van der Waals surface area contributed by atoms with Crippen molar-refractivity contribution in [3.05, 3.63) is 65.7 Å². The SMILES string of the molecule is COC(=O)CCN(CCc1ccccc1)C(=O)COc1ccc(C)cc1. The Hall–Kier alpha value is -2.82. The molecule has 0 aromatic heterocycles. The summed E-state index contributed by atoms with van der Waals surface area (Å²) < 4.78 is 10.3. The van der Waals surface area contributed by atoms with Crippen molar-refractivity contribution in [1.82, 2.24) is 4.90 Å². The number of hydrogen-bond acceptors (Lipinski definition) is 4. The van der Waals surface area contributed by atoms with Crippen molar-refractivity contribution in [1.29, 1.82) is 0 Å². The van der Waals surface area contributed by atoms with Gasteiger partial charge in [0, 0.05) is 13.1 Å². The minimum atomic E-state index is -0.332. The summed E-state index contributed by atoms with van der Waals surface area (Å²) in [4.78, 5) is 25.6. The normalized spacial score (nSPS) is 10.2. The largest absolute Gasteiger partial charge is 0.484 e. The number of ether oxygens (including phenoxy) is 2. The summed E-state index contributed by atoms with van der Waals surface area (Å²) in [6.07, 6.45) is 0.889. The van der Waals surface area contributed by atoms with E-state index in [0.717, 1.165) is 17.5 Å². The summed E-state index contributed by atoms with van der Waals surface area (Å²) in [5.74, 6) is 0.173. The third kappa shape index (κ3) is 6.59. The van der Waals surface area contributed by atoms with Gasteiger partial charge in [0.05, 0.1) is 13.5 Å². The predicted molar refractivity (Wildman–Crippen MR) is 100 cm³/mol. The fourth-order valence-electron chi connectivity index (χ4n) is 2.47. The molecule has 0 heterocycles. The fraction of sp³-hybridized carbons (Fsp3) is 0.333. The molecule has 2 aromatic carbocycles. The molecule has 1 amide bonds. The van der Waals surface area contributed by atoms with Crippen molar-refractivity contribution >= 4 is 11.9 Å². The third-order valence-corrected chi connectivity index (χ3v) is 4.06. The van der Waals surface area contributed by atoms with Crippen LogP contribution in [0.2, 0.25) is 0 Å². The second-order valence-electron chi connectivity index (χ2n) is 6.04. The average Bonchev–Trinajstić information content (AvgIpc) is 2.67. The van der Waals surface area contributed by atoms with Gasteiger partial charge in [-0.2, -0.15) is 0 Å². The minimum absolute atomic E-state index is 0.0565. The molecule has 0 radical (unpaired) electrons. The molecule has 138 valence electrons. The average molecular weight is 355 g/mol. The first-order valence-electron chi connectivity index (χ1n) is 8.66. The molecule has 26 heavy (non-hydrogen) atoms. The molecule has 0 aliphatic carbocycles. The lowest BCUT2D eigenvalue weighted by Crippen LogP contribution is -2.38. The van der Waals surface area contributed by atoms with Crippen LogP contribution in [-0.2, 0) is 20.7 Å².